The zero-order valence-electron chi connectivity index (χ0n) is 11.1. The molecule has 3 rings (SSSR count). The largest absolute Gasteiger partial charge is 0.376 e. The molecule has 1 aliphatic heterocycles. The van der Waals surface area contributed by atoms with Crippen molar-refractivity contribution >= 4 is 35.6 Å². The van der Waals surface area contributed by atoms with Crippen molar-refractivity contribution < 1.29 is 18.4 Å². The summed E-state index contributed by atoms with van der Waals surface area (Å²) in [6.45, 7) is 1.12. The van der Waals surface area contributed by atoms with Gasteiger partial charge in [0.2, 0.25) is 0 Å². The maximum Gasteiger partial charge on any atom is 0.333 e. The number of thiol groups is 1. The molecule has 0 saturated carbocycles. The molecule has 1 aliphatic rings. The van der Waals surface area contributed by atoms with Crippen molar-refractivity contribution in [2.75, 3.05) is 17.5 Å². The molecular weight excluding hydrogens is 297 g/mol. The second-order valence-electron chi connectivity index (χ2n) is 4.78. The lowest BCUT2D eigenvalue weighted by atomic mass is 10.2. The molecule has 0 aliphatic carbocycles. The van der Waals surface area contributed by atoms with Crippen LogP contribution >= 0.6 is 12.8 Å². The van der Waals surface area contributed by atoms with Crippen LogP contribution < -0.4 is 9.62 Å². The van der Waals surface area contributed by atoms with Crippen LogP contribution in [-0.2, 0) is 4.74 Å². The highest BCUT2D eigenvalue weighted by Crippen LogP contribution is 2.27. The van der Waals surface area contributed by atoms with Crippen LogP contribution in [-0.4, -0.2) is 30.4 Å². The summed E-state index contributed by atoms with van der Waals surface area (Å²) in [6, 6.07) is 3.50. The Labute approximate surface area is 125 Å². The van der Waals surface area contributed by atoms with Crippen molar-refractivity contribution in [1.82, 2.24) is 10.5 Å². The Balaban J connectivity index is 1.71. The summed E-state index contributed by atoms with van der Waals surface area (Å²) in [5, 5.41) is 6.84. The maximum absolute atomic E-state index is 13.3. The Bertz CT molecular complexity index is 657. The normalized spacial score (nSPS) is 18.1. The molecule has 1 aromatic carbocycles. The zero-order valence-corrected chi connectivity index (χ0v) is 12.0. The fourth-order valence-corrected chi connectivity index (χ4v) is 2.44. The molecular formula is C13H14FN3O3S. The number of benzene rings is 1. The number of hydrogen-bond donors (Lipinski definition) is 2. The van der Waals surface area contributed by atoms with Gasteiger partial charge in [0.15, 0.2) is 11.4 Å². The molecule has 8 heteroatoms. The molecule has 1 atom stereocenters. The molecule has 1 aromatic heterocycles. The smallest absolute Gasteiger partial charge is 0.333 e. The monoisotopic (exact) mass is 311 g/mol. The van der Waals surface area contributed by atoms with E-state index in [-0.39, 0.29) is 11.9 Å². The first-order chi connectivity index (χ1) is 10.1. The number of nitrogens with one attached hydrogen (secondary N) is 1. The predicted octanol–water partition coefficient (Wildman–Crippen LogP) is 2.51. The number of aromatic nitrogens is 1. The number of urea groups is 1. The topological polar surface area (TPSA) is 67.6 Å². The lowest BCUT2D eigenvalue weighted by Gasteiger charge is -2.16. The number of carbonyl (C=O) groups is 1. The quantitative estimate of drug-likeness (QED) is 0.855. The molecule has 0 radical (unpaired) electrons. The molecule has 1 N–H and O–H groups in total. The number of rotatable bonds is 3. The van der Waals surface area contributed by atoms with Gasteiger partial charge in [0.25, 0.3) is 0 Å². The minimum absolute atomic E-state index is 0.0298. The summed E-state index contributed by atoms with van der Waals surface area (Å²) < 4.78 is 24.7. The summed E-state index contributed by atoms with van der Waals surface area (Å²) in [6.07, 6.45) is 1.95. The standard InChI is InChI=1S/C13H14FN3O3S/c14-8-3-4-11-10(6-8)12(16-20-11)17(21)13(18)15-7-9-2-1-5-19-9/h3-4,6,9,21H,1-2,5,7H2,(H,15,18). The van der Waals surface area contributed by atoms with E-state index >= 15 is 0 Å². The van der Waals surface area contributed by atoms with Gasteiger partial charge in [-0.2, -0.15) is 0 Å². The number of anilines is 1. The average molecular weight is 311 g/mol. The van der Waals surface area contributed by atoms with Gasteiger partial charge in [-0.25, -0.2) is 13.5 Å². The highest BCUT2D eigenvalue weighted by atomic mass is 32.1. The molecule has 0 bridgehead atoms. The van der Waals surface area contributed by atoms with Crippen LogP contribution in [0.5, 0.6) is 0 Å². The Hall–Kier alpha value is -1.80. The van der Waals surface area contributed by atoms with Crippen LogP contribution in [0.1, 0.15) is 12.8 Å². The molecule has 2 amide bonds. The van der Waals surface area contributed by atoms with E-state index in [1.54, 1.807) is 0 Å². The number of fused-ring (bicyclic) bond motifs is 1. The molecule has 0 spiro atoms. The van der Waals surface area contributed by atoms with E-state index in [1.807, 2.05) is 0 Å². The van der Waals surface area contributed by atoms with Gasteiger partial charge in [0.1, 0.15) is 5.82 Å². The Morgan fingerprint density at radius 3 is 3.19 bits per heavy atom. The van der Waals surface area contributed by atoms with Gasteiger partial charge < -0.3 is 14.6 Å². The first-order valence-electron chi connectivity index (χ1n) is 6.58. The third-order valence-corrected chi connectivity index (χ3v) is 3.68. The van der Waals surface area contributed by atoms with Crippen LogP contribution in [0, 0.1) is 5.82 Å². The summed E-state index contributed by atoms with van der Waals surface area (Å²) in [4.78, 5) is 12.0. The lowest BCUT2D eigenvalue weighted by Crippen LogP contribution is -2.38. The van der Waals surface area contributed by atoms with Crippen LogP contribution in [0.2, 0.25) is 0 Å². The highest BCUT2D eigenvalue weighted by Gasteiger charge is 2.22. The third kappa shape index (κ3) is 2.96. The Morgan fingerprint density at radius 2 is 2.43 bits per heavy atom. The summed E-state index contributed by atoms with van der Waals surface area (Å²) in [7, 11) is 0. The molecule has 1 fully saturated rings. The van der Waals surface area contributed by atoms with Crippen molar-refractivity contribution in [3.63, 3.8) is 0 Å². The zero-order chi connectivity index (χ0) is 14.8. The maximum atomic E-state index is 13.3. The number of nitrogens with zero attached hydrogens (tertiary/aromatic N) is 2. The number of hydrogen-bond acceptors (Lipinski definition) is 5. The second kappa shape index (κ2) is 5.90. The van der Waals surface area contributed by atoms with E-state index in [4.69, 9.17) is 9.26 Å². The van der Waals surface area contributed by atoms with E-state index in [9.17, 15) is 9.18 Å². The molecule has 21 heavy (non-hydrogen) atoms. The fraction of sp³-hybridized carbons (Fsp3) is 0.385. The average Bonchev–Trinajstić information content (AvgIpc) is 3.12. The van der Waals surface area contributed by atoms with E-state index in [0.29, 0.717) is 17.5 Å². The van der Waals surface area contributed by atoms with Crippen LogP contribution in [0.4, 0.5) is 15.0 Å². The van der Waals surface area contributed by atoms with Gasteiger partial charge in [-0.05, 0) is 31.0 Å². The molecule has 1 unspecified atom stereocenters. The van der Waals surface area contributed by atoms with E-state index in [1.165, 1.54) is 18.2 Å². The summed E-state index contributed by atoms with van der Waals surface area (Å²) in [5.41, 5.74) is 0.386. The van der Waals surface area contributed by atoms with Crippen molar-refractivity contribution in [2.45, 2.75) is 18.9 Å². The van der Waals surface area contributed by atoms with Crippen molar-refractivity contribution in [3.8, 4) is 0 Å². The van der Waals surface area contributed by atoms with Crippen molar-refractivity contribution in [2.24, 2.45) is 0 Å². The van der Waals surface area contributed by atoms with Gasteiger partial charge in [-0.15, -0.1) is 0 Å². The summed E-state index contributed by atoms with van der Waals surface area (Å²) in [5.74, 6) is -0.286. The molecule has 2 aromatic rings. The highest BCUT2D eigenvalue weighted by molar-refractivity contribution is 7.82. The van der Waals surface area contributed by atoms with Crippen LogP contribution in [0.15, 0.2) is 22.7 Å². The minimum Gasteiger partial charge on any atom is -0.376 e. The first-order valence-corrected chi connectivity index (χ1v) is 6.98. The Kier molecular flexibility index (Phi) is 3.98. The second-order valence-corrected chi connectivity index (χ2v) is 5.18. The van der Waals surface area contributed by atoms with Crippen molar-refractivity contribution in [3.05, 3.63) is 24.0 Å². The van der Waals surface area contributed by atoms with Crippen LogP contribution in [0.3, 0.4) is 0 Å². The van der Waals surface area contributed by atoms with Gasteiger partial charge in [-0.1, -0.05) is 18.0 Å². The van der Waals surface area contributed by atoms with E-state index in [2.05, 4.69) is 23.3 Å². The number of amides is 2. The van der Waals surface area contributed by atoms with Gasteiger partial charge in [0, 0.05) is 13.2 Å². The van der Waals surface area contributed by atoms with Gasteiger partial charge >= 0.3 is 6.03 Å². The molecule has 6 nitrogen and oxygen atoms in total. The minimum atomic E-state index is -0.465. The van der Waals surface area contributed by atoms with E-state index in [0.717, 1.165) is 23.8 Å². The molecule has 1 saturated heterocycles. The SMILES string of the molecule is O=C(NCC1CCCO1)N(S)c1noc2ccc(F)cc12. The number of ether oxygens (including phenoxy) is 1. The fourth-order valence-electron chi connectivity index (χ4n) is 2.23. The van der Waals surface area contributed by atoms with Gasteiger partial charge in [0.05, 0.1) is 11.5 Å². The number of carbonyl (C=O) groups excluding carboxylic acids is 1. The summed E-state index contributed by atoms with van der Waals surface area (Å²) >= 11 is 4.10. The lowest BCUT2D eigenvalue weighted by molar-refractivity contribution is 0.112. The third-order valence-electron chi connectivity index (χ3n) is 3.31. The Morgan fingerprint density at radius 1 is 1.57 bits per heavy atom. The molecule has 2 heterocycles. The predicted molar refractivity (Wildman–Crippen MR) is 77.8 cm³/mol. The van der Waals surface area contributed by atoms with Gasteiger partial charge in [-0.3, -0.25) is 0 Å². The van der Waals surface area contributed by atoms with Crippen molar-refractivity contribution in [1.29, 1.82) is 0 Å². The van der Waals surface area contributed by atoms with Crippen LogP contribution in [0.25, 0.3) is 11.0 Å². The van der Waals surface area contributed by atoms with E-state index < -0.39 is 11.8 Å². The first kappa shape index (κ1) is 14.2. The molecule has 112 valence electrons. The number of halogens is 1.